The lowest BCUT2D eigenvalue weighted by molar-refractivity contribution is 0.102. The predicted octanol–water partition coefficient (Wildman–Crippen LogP) is 6.01. The van der Waals surface area contributed by atoms with E-state index in [-0.39, 0.29) is 5.69 Å². The zero-order chi connectivity index (χ0) is 27.4. The minimum atomic E-state index is -0.662. The maximum Gasteiger partial charge on any atom is 0.360 e. The minimum Gasteiger partial charge on any atom is -0.497 e. The summed E-state index contributed by atoms with van der Waals surface area (Å²) >= 11 is 0. The highest BCUT2D eigenvalue weighted by molar-refractivity contribution is 6.05. The number of rotatable bonds is 8. The molecule has 1 N–H and O–H groups in total. The van der Waals surface area contributed by atoms with Crippen molar-refractivity contribution in [3.8, 4) is 28.4 Å². The molecule has 0 atom stereocenters. The Morgan fingerprint density at radius 3 is 2.56 bits per heavy atom. The summed E-state index contributed by atoms with van der Waals surface area (Å²) in [5.41, 5.74) is 3.26. The average molecular weight is 523 g/mol. The van der Waals surface area contributed by atoms with E-state index in [0.29, 0.717) is 51.5 Å². The monoisotopic (exact) mass is 522 g/mol. The zero-order valence-corrected chi connectivity index (χ0v) is 21.7. The first-order valence-electron chi connectivity index (χ1n) is 12.2. The van der Waals surface area contributed by atoms with Gasteiger partial charge in [0.2, 0.25) is 0 Å². The van der Waals surface area contributed by atoms with Gasteiger partial charge in [0.15, 0.2) is 0 Å². The molecule has 0 bridgehead atoms. The van der Waals surface area contributed by atoms with Crippen LogP contribution in [0.5, 0.6) is 17.2 Å². The molecule has 39 heavy (non-hydrogen) atoms. The summed E-state index contributed by atoms with van der Waals surface area (Å²) in [6.45, 7) is 2.15. The number of amides is 1. The summed E-state index contributed by atoms with van der Waals surface area (Å²) < 4.78 is 22.4. The molecule has 3 aromatic carbocycles. The lowest BCUT2D eigenvalue weighted by Crippen LogP contribution is -2.18. The Morgan fingerprint density at radius 2 is 1.79 bits per heavy atom. The summed E-state index contributed by atoms with van der Waals surface area (Å²) in [6, 6.07) is 21.5. The van der Waals surface area contributed by atoms with Crippen LogP contribution in [0, 0.1) is 6.92 Å². The van der Waals surface area contributed by atoms with Gasteiger partial charge in [0, 0.05) is 40.0 Å². The van der Waals surface area contributed by atoms with Crippen molar-refractivity contribution >= 4 is 22.6 Å². The highest BCUT2D eigenvalue weighted by atomic mass is 16.5. The van der Waals surface area contributed by atoms with Crippen molar-refractivity contribution in [1.29, 1.82) is 0 Å². The van der Waals surface area contributed by atoms with Gasteiger partial charge in [-0.3, -0.25) is 9.78 Å². The molecule has 0 saturated heterocycles. The van der Waals surface area contributed by atoms with Gasteiger partial charge in [-0.1, -0.05) is 18.2 Å². The van der Waals surface area contributed by atoms with Gasteiger partial charge >= 0.3 is 5.63 Å². The van der Waals surface area contributed by atoms with Gasteiger partial charge in [-0.2, -0.15) is 0 Å². The third kappa shape index (κ3) is 5.45. The van der Waals surface area contributed by atoms with Crippen molar-refractivity contribution in [2.45, 2.75) is 13.5 Å². The molecule has 8 heteroatoms. The summed E-state index contributed by atoms with van der Waals surface area (Å²) in [6.07, 6.45) is 3.43. The Labute approximate surface area is 224 Å². The smallest absolute Gasteiger partial charge is 0.360 e. The number of methoxy groups -OCH3 is 2. The Hall–Kier alpha value is -5.11. The number of anilines is 1. The van der Waals surface area contributed by atoms with Gasteiger partial charge < -0.3 is 23.9 Å². The van der Waals surface area contributed by atoms with Crippen LogP contribution in [0.15, 0.2) is 94.4 Å². The fourth-order valence-electron chi connectivity index (χ4n) is 4.25. The van der Waals surface area contributed by atoms with Crippen LogP contribution in [-0.4, -0.2) is 25.1 Å². The Bertz CT molecular complexity index is 1710. The van der Waals surface area contributed by atoms with Crippen molar-refractivity contribution < 1.29 is 23.4 Å². The van der Waals surface area contributed by atoms with Crippen molar-refractivity contribution in [2.75, 3.05) is 19.5 Å². The van der Waals surface area contributed by atoms with E-state index in [1.807, 2.05) is 49.4 Å². The normalized spacial score (nSPS) is 10.7. The molecule has 5 rings (SSSR count). The van der Waals surface area contributed by atoms with Crippen molar-refractivity contribution in [3.05, 3.63) is 112 Å². The van der Waals surface area contributed by atoms with E-state index in [9.17, 15) is 9.59 Å². The van der Waals surface area contributed by atoms with Gasteiger partial charge in [-0.05, 0) is 67.1 Å². The molecule has 0 radical (unpaired) electrons. The van der Waals surface area contributed by atoms with E-state index in [0.717, 1.165) is 11.1 Å². The maximum atomic E-state index is 13.2. The number of nitrogens with one attached hydrogen (secondary N) is 1. The van der Waals surface area contributed by atoms with E-state index in [1.54, 1.807) is 56.9 Å². The van der Waals surface area contributed by atoms with Crippen LogP contribution >= 0.6 is 0 Å². The number of fused-ring (bicyclic) bond motifs is 1. The molecular formula is C31H26N2O6. The molecule has 0 unspecified atom stereocenters. The lowest BCUT2D eigenvalue weighted by atomic mass is 10.0. The van der Waals surface area contributed by atoms with Gasteiger partial charge in [0.05, 0.1) is 14.2 Å². The van der Waals surface area contributed by atoms with Crippen LogP contribution in [0.4, 0.5) is 5.69 Å². The van der Waals surface area contributed by atoms with Crippen molar-refractivity contribution in [1.82, 2.24) is 4.98 Å². The minimum absolute atomic E-state index is 0.0367. The number of aryl methyl sites for hydroxylation is 1. The molecule has 2 aromatic heterocycles. The van der Waals surface area contributed by atoms with Crippen LogP contribution < -0.4 is 25.2 Å². The van der Waals surface area contributed by atoms with Gasteiger partial charge in [0.25, 0.3) is 5.91 Å². The molecule has 0 fully saturated rings. The molecule has 0 spiro atoms. The van der Waals surface area contributed by atoms with E-state index in [4.69, 9.17) is 18.6 Å². The molecule has 1 amide bonds. The average Bonchev–Trinajstić information content (AvgIpc) is 2.98. The number of pyridine rings is 1. The SMILES string of the molecule is COc1cccc(-c2cc(C(=O)Nc3cc4ccc(OCc5cccnc5)c(C)c4oc3=O)ccc2OC)c1. The first-order chi connectivity index (χ1) is 19.0. The molecule has 5 aromatic rings. The number of hydrogen-bond acceptors (Lipinski definition) is 7. The van der Waals surface area contributed by atoms with Crippen LogP contribution in [0.1, 0.15) is 21.5 Å². The fourth-order valence-corrected chi connectivity index (χ4v) is 4.25. The highest BCUT2D eigenvalue weighted by Gasteiger charge is 2.16. The van der Waals surface area contributed by atoms with E-state index >= 15 is 0 Å². The standard InChI is InChI=1S/C31H26N2O6/c1-19-27(38-18-20-6-5-13-32-17-20)11-9-22-16-26(31(35)39-29(19)22)33-30(34)23-10-12-28(37-3)25(15-23)21-7-4-8-24(14-21)36-2/h4-17H,18H2,1-3H3,(H,33,34). The third-order valence-corrected chi connectivity index (χ3v) is 6.31. The second kappa shape index (κ2) is 11.1. The highest BCUT2D eigenvalue weighted by Crippen LogP contribution is 2.33. The number of aromatic nitrogens is 1. The van der Waals surface area contributed by atoms with Crippen LogP contribution in [0.25, 0.3) is 22.1 Å². The van der Waals surface area contributed by atoms with E-state index < -0.39 is 11.5 Å². The topological polar surface area (TPSA) is 99.9 Å². The number of carbonyl (C=O) groups excluding carboxylic acids is 1. The molecule has 0 aliphatic carbocycles. The Kier molecular flexibility index (Phi) is 7.27. The first kappa shape index (κ1) is 25.5. The number of carbonyl (C=O) groups is 1. The molecule has 0 aliphatic heterocycles. The first-order valence-corrected chi connectivity index (χ1v) is 12.2. The predicted molar refractivity (Wildman–Crippen MR) is 149 cm³/mol. The van der Waals surface area contributed by atoms with Crippen LogP contribution in [0.3, 0.4) is 0 Å². The molecular weight excluding hydrogens is 496 g/mol. The van der Waals surface area contributed by atoms with Crippen LogP contribution in [-0.2, 0) is 6.61 Å². The fraction of sp³-hybridized carbons (Fsp3) is 0.129. The third-order valence-electron chi connectivity index (χ3n) is 6.31. The number of ether oxygens (including phenoxy) is 3. The van der Waals surface area contributed by atoms with E-state index in [1.165, 1.54) is 0 Å². The quantitative estimate of drug-likeness (QED) is 0.249. The van der Waals surface area contributed by atoms with Gasteiger partial charge in [-0.25, -0.2) is 4.79 Å². The molecule has 196 valence electrons. The molecule has 8 nitrogen and oxygen atoms in total. The molecule has 0 saturated carbocycles. The van der Waals surface area contributed by atoms with Crippen LogP contribution in [0.2, 0.25) is 0 Å². The largest absolute Gasteiger partial charge is 0.497 e. The summed E-state index contributed by atoms with van der Waals surface area (Å²) in [5.74, 6) is 1.41. The second-order valence-electron chi connectivity index (χ2n) is 8.81. The van der Waals surface area contributed by atoms with Gasteiger partial charge in [0.1, 0.15) is 35.1 Å². The van der Waals surface area contributed by atoms with Crippen molar-refractivity contribution in [3.63, 3.8) is 0 Å². The molecule has 0 aliphatic rings. The summed E-state index contributed by atoms with van der Waals surface area (Å²) in [5, 5.41) is 3.34. The Balaban J connectivity index is 1.40. The summed E-state index contributed by atoms with van der Waals surface area (Å²) in [4.78, 5) is 30.1. The molecule has 2 heterocycles. The van der Waals surface area contributed by atoms with Gasteiger partial charge in [-0.15, -0.1) is 0 Å². The second-order valence-corrected chi connectivity index (χ2v) is 8.81. The number of benzene rings is 3. The Morgan fingerprint density at radius 1 is 0.949 bits per heavy atom. The number of hydrogen-bond donors (Lipinski definition) is 1. The summed E-state index contributed by atoms with van der Waals surface area (Å²) in [7, 11) is 3.16. The lowest BCUT2D eigenvalue weighted by Gasteiger charge is -2.13. The maximum absolute atomic E-state index is 13.2. The zero-order valence-electron chi connectivity index (χ0n) is 21.7. The number of nitrogens with zero attached hydrogens (tertiary/aromatic N) is 1. The van der Waals surface area contributed by atoms with E-state index in [2.05, 4.69) is 10.3 Å². The van der Waals surface area contributed by atoms with Crippen molar-refractivity contribution in [2.24, 2.45) is 0 Å².